The van der Waals surface area contributed by atoms with E-state index in [2.05, 4.69) is 73.9 Å². The van der Waals surface area contributed by atoms with Crippen LogP contribution in [0.3, 0.4) is 0 Å². The third kappa shape index (κ3) is 4.41. The molecule has 0 unspecified atom stereocenters. The van der Waals surface area contributed by atoms with Crippen LogP contribution in [0.5, 0.6) is 11.5 Å². The van der Waals surface area contributed by atoms with Crippen molar-refractivity contribution in [3.63, 3.8) is 0 Å². The van der Waals surface area contributed by atoms with Gasteiger partial charge in [0, 0.05) is 20.1 Å². The zero-order valence-corrected chi connectivity index (χ0v) is 17.1. The van der Waals surface area contributed by atoms with Gasteiger partial charge >= 0.3 is 0 Å². The number of rotatable bonds is 3. The average molecular weight is 556 g/mol. The number of nitrogens with zero attached hydrogens (tertiary/aromatic N) is 2. The summed E-state index contributed by atoms with van der Waals surface area (Å²) in [6, 6.07) is 6.89. The highest BCUT2D eigenvalue weighted by Crippen LogP contribution is 2.31. The van der Waals surface area contributed by atoms with E-state index in [1.54, 1.807) is 24.3 Å². The lowest BCUT2D eigenvalue weighted by molar-refractivity contribution is 0.470. The number of phenols is 2. The summed E-state index contributed by atoms with van der Waals surface area (Å²) in [5.74, 6) is 0.158. The van der Waals surface area contributed by atoms with Crippen molar-refractivity contribution in [3.05, 3.63) is 53.3 Å². The molecule has 0 radical (unpaired) electrons. The van der Waals surface area contributed by atoms with Gasteiger partial charge in [-0.1, -0.05) is 31.9 Å². The van der Waals surface area contributed by atoms with Crippen molar-refractivity contribution in [1.29, 1.82) is 0 Å². The highest BCUT2D eigenvalue weighted by Gasteiger charge is 2.06. The van der Waals surface area contributed by atoms with Crippen molar-refractivity contribution in [2.24, 2.45) is 10.2 Å². The first kappa shape index (κ1) is 17.7. The molecule has 22 heavy (non-hydrogen) atoms. The second-order valence-corrected chi connectivity index (χ2v) is 7.68. The van der Waals surface area contributed by atoms with E-state index in [4.69, 9.17) is 0 Å². The van der Waals surface area contributed by atoms with Crippen molar-refractivity contribution >= 4 is 76.1 Å². The molecular formula is C14H8Br4N2O2. The van der Waals surface area contributed by atoms with Crippen LogP contribution in [0.2, 0.25) is 0 Å². The second-order valence-electron chi connectivity index (χ2n) is 4.14. The molecule has 0 aliphatic carbocycles. The first-order chi connectivity index (χ1) is 10.4. The van der Waals surface area contributed by atoms with Crippen LogP contribution in [0.25, 0.3) is 0 Å². The van der Waals surface area contributed by atoms with Gasteiger partial charge < -0.3 is 10.2 Å². The Morgan fingerprint density at radius 1 is 0.682 bits per heavy atom. The van der Waals surface area contributed by atoms with E-state index in [0.717, 1.165) is 8.95 Å². The predicted octanol–water partition coefficient (Wildman–Crippen LogP) is 5.60. The van der Waals surface area contributed by atoms with Gasteiger partial charge in [-0.25, -0.2) is 0 Å². The molecule has 0 bridgehead atoms. The third-order valence-corrected chi connectivity index (χ3v) is 4.70. The Kier molecular flexibility index (Phi) is 6.19. The van der Waals surface area contributed by atoms with Crippen LogP contribution in [0.4, 0.5) is 0 Å². The predicted molar refractivity (Wildman–Crippen MR) is 102 cm³/mol. The first-order valence-electron chi connectivity index (χ1n) is 5.81. The average Bonchev–Trinajstić information content (AvgIpc) is 2.44. The Morgan fingerprint density at radius 3 is 1.41 bits per heavy atom. The topological polar surface area (TPSA) is 65.2 Å². The van der Waals surface area contributed by atoms with Gasteiger partial charge in [0.15, 0.2) is 0 Å². The van der Waals surface area contributed by atoms with Gasteiger partial charge in [-0.3, -0.25) is 0 Å². The fourth-order valence-corrected chi connectivity index (χ4v) is 4.08. The maximum absolute atomic E-state index is 9.89. The summed E-state index contributed by atoms with van der Waals surface area (Å²) in [6.07, 6.45) is 2.84. The van der Waals surface area contributed by atoms with Crippen LogP contribution >= 0.6 is 63.7 Å². The van der Waals surface area contributed by atoms with Crippen molar-refractivity contribution in [3.8, 4) is 11.5 Å². The van der Waals surface area contributed by atoms with E-state index >= 15 is 0 Å². The molecule has 0 amide bonds. The Labute approximate surface area is 160 Å². The van der Waals surface area contributed by atoms with Crippen molar-refractivity contribution in [1.82, 2.24) is 0 Å². The summed E-state index contributed by atoms with van der Waals surface area (Å²) in [7, 11) is 0. The normalized spacial score (nSPS) is 11.6. The smallest absolute Gasteiger partial charge is 0.138 e. The van der Waals surface area contributed by atoms with E-state index in [1.807, 2.05) is 0 Å². The standard InChI is InChI=1S/C14H8Br4N2O2/c15-9-1-7(13(21)11(17)3-9)5-19-20-6-8-2-10(16)4-12(18)14(8)22/h1-6,21-22H/b19-5-,20-6-. The Balaban J connectivity index is 2.23. The van der Waals surface area contributed by atoms with Crippen LogP contribution in [0.15, 0.2) is 52.4 Å². The Hall–Kier alpha value is -0.700. The van der Waals surface area contributed by atoms with Gasteiger partial charge in [-0.2, -0.15) is 10.2 Å². The molecule has 8 heteroatoms. The fraction of sp³-hybridized carbons (Fsp3) is 0. The molecule has 0 fully saturated rings. The molecule has 0 saturated heterocycles. The van der Waals surface area contributed by atoms with Gasteiger partial charge in [0.25, 0.3) is 0 Å². The molecule has 0 aromatic heterocycles. The number of hydrogen-bond acceptors (Lipinski definition) is 4. The third-order valence-electron chi connectivity index (χ3n) is 2.58. The molecule has 2 aromatic rings. The molecule has 0 spiro atoms. The van der Waals surface area contributed by atoms with Crippen LogP contribution in [-0.4, -0.2) is 22.6 Å². The molecule has 0 aliphatic rings. The van der Waals surface area contributed by atoms with Gasteiger partial charge in [-0.15, -0.1) is 0 Å². The fourth-order valence-electron chi connectivity index (χ4n) is 1.56. The van der Waals surface area contributed by atoms with Gasteiger partial charge in [0.2, 0.25) is 0 Å². The summed E-state index contributed by atoms with van der Waals surface area (Å²) in [4.78, 5) is 0. The molecule has 2 aromatic carbocycles. The molecule has 4 nitrogen and oxygen atoms in total. The highest BCUT2D eigenvalue weighted by molar-refractivity contribution is 9.11. The molecule has 2 rings (SSSR count). The summed E-state index contributed by atoms with van der Waals surface area (Å²) >= 11 is 13.2. The SMILES string of the molecule is Oc1c(Br)cc(Br)cc1/C=N\N=C/c1cc(Br)cc(Br)c1O. The Bertz CT molecular complexity index is 710. The van der Waals surface area contributed by atoms with E-state index < -0.39 is 0 Å². The second kappa shape index (κ2) is 7.72. The minimum absolute atomic E-state index is 0.0789. The van der Waals surface area contributed by atoms with Crippen LogP contribution in [0.1, 0.15) is 11.1 Å². The first-order valence-corrected chi connectivity index (χ1v) is 8.98. The number of hydrogen-bond donors (Lipinski definition) is 2. The zero-order chi connectivity index (χ0) is 16.3. The molecule has 114 valence electrons. The van der Waals surface area contributed by atoms with E-state index in [0.29, 0.717) is 20.1 Å². The zero-order valence-electron chi connectivity index (χ0n) is 10.8. The largest absolute Gasteiger partial charge is 0.506 e. The summed E-state index contributed by atoms with van der Waals surface area (Å²) in [5.41, 5.74) is 1.02. The summed E-state index contributed by atoms with van der Waals surface area (Å²) < 4.78 is 2.72. The molecule has 0 aliphatic heterocycles. The van der Waals surface area contributed by atoms with E-state index in [-0.39, 0.29) is 11.5 Å². The lowest BCUT2D eigenvalue weighted by Gasteiger charge is -2.02. The molecule has 0 saturated carbocycles. The van der Waals surface area contributed by atoms with Gasteiger partial charge in [-0.05, 0) is 56.1 Å². The summed E-state index contributed by atoms with van der Waals surface area (Å²) in [6.45, 7) is 0. The number of benzene rings is 2. The maximum Gasteiger partial charge on any atom is 0.138 e. The van der Waals surface area contributed by atoms with Crippen LogP contribution in [-0.2, 0) is 0 Å². The molecular weight excluding hydrogens is 548 g/mol. The number of halogens is 4. The van der Waals surface area contributed by atoms with Crippen molar-refractivity contribution < 1.29 is 10.2 Å². The van der Waals surface area contributed by atoms with Crippen molar-refractivity contribution in [2.75, 3.05) is 0 Å². The minimum atomic E-state index is 0.0789. The summed E-state index contributed by atoms with van der Waals surface area (Å²) in [5, 5.41) is 27.5. The Morgan fingerprint density at radius 2 is 1.05 bits per heavy atom. The monoisotopic (exact) mass is 552 g/mol. The van der Waals surface area contributed by atoms with Gasteiger partial charge in [0.1, 0.15) is 11.5 Å². The lowest BCUT2D eigenvalue weighted by Crippen LogP contribution is -1.86. The quantitative estimate of drug-likeness (QED) is 0.382. The number of phenolic OH excluding ortho intramolecular Hbond substituents is 2. The molecule has 0 heterocycles. The van der Waals surface area contributed by atoms with E-state index in [9.17, 15) is 10.2 Å². The van der Waals surface area contributed by atoms with Gasteiger partial charge in [0.05, 0.1) is 21.4 Å². The number of aromatic hydroxyl groups is 2. The van der Waals surface area contributed by atoms with Crippen molar-refractivity contribution in [2.45, 2.75) is 0 Å². The van der Waals surface area contributed by atoms with Crippen LogP contribution < -0.4 is 0 Å². The maximum atomic E-state index is 9.89. The molecule has 0 atom stereocenters. The lowest BCUT2D eigenvalue weighted by atomic mass is 10.2. The minimum Gasteiger partial charge on any atom is -0.506 e. The van der Waals surface area contributed by atoms with E-state index in [1.165, 1.54) is 12.4 Å². The van der Waals surface area contributed by atoms with Crippen LogP contribution in [0, 0.1) is 0 Å². The molecule has 2 N–H and O–H groups in total. The highest BCUT2D eigenvalue weighted by atomic mass is 79.9.